The molecule has 0 spiro atoms. The molecule has 0 saturated carbocycles. The first-order valence-corrected chi connectivity index (χ1v) is 8.82. The van der Waals surface area contributed by atoms with Gasteiger partial charge in [-0.1, -0.05) is 6.07 Å². The summed E-state index contributed by atoms with van der Waals surface area (Å²) < 4.78 is 11.1. The first kappa shape index (κ1) is 16.0. The number of nitrogens with one attached hydrogen (secondary N) is 1. The number of hydrogen-bond donors (Lipinski definition) is 1. The fourth-order valence-corrected chi connectivity index (χ4v) is 3.82. The number of H-pyrrole nitrogens is 1. The van der Waals surface area contributed by atoms with Gasteiger partial charge in [-0.2, -0.15) is 5.10 Å². The Morgan fingerprint density at radius 1 is 1.40 bits per heavy atom. The first-order chi connectivity index (χ1) is 12.2. The van der Waals surface area contributed by atoms with E-state index >= 15 is 0 Å². The van der Waals surface area contributed by atoms with E-state index in [0.29, 0.717) is 12.5 Å². The molecular weight excluding hydrogens is 318 g/mol. The molecule has 1 N–H and O–H groups in total. The maximum atomic E-state index is 13.0. The molecule has 1 amide bonds. The molecular formula is C19H23N3O3. The second kappa shape index (κ2) is 6.78. The molecule has 2 aliphatic rings. The van der Waals surface area contributed by atoms with Gasteiger partial charge in [-0.05, 0) is 37.0 Å². The Bertz CT molecular complexity index is 744. The number of hydrogen-bond acceptors (Lipinski definition) is 4. The summed E-state index contributed by atoms with van der Waals surface area (Å²) in [6.45, 7) is 2.02. The summed E-state index contributed by atoms with van der Waals surface area (Å²) in [6, 6.07) is 7.82. The van der Waals surface area contributed by atoms with Gasteiger partial charge in [-0.15, -0.1) is 0 Å². The third-order valence-electron chi connectivity index (χ3n) is 5.23. The lowest BCUT2D eigenvalue weighted by Gasteiger charge is -2.35. The van der Waals surface area contributed by atoms with Crippen LogP contribution in [0.4, 0.5) is 0 Å². The van der Waals surface area contributed by atoms with Crippen LogP contribution in [-0.4, -0.2) is 47.8 Å². The number of amides is 1. The Balaban J connectivity index is 1.44. The highest BCUT2D eigenvalue weighted by atomic mass is 16.5. The third-order valence-corrected chi connectivity index (χ3v) is 5.23. The number of aromatic nitrogens is 2. The monoisotopic (exact) mass is 341 g/mol. The van der Waals surface area contributed by atoms with Crippen molar-refractivity contribution in [2.24, 2.45) is 5.92 Å². The summed E-state index contributed by atoms with van der Waals surface area (Å²) in [6.07, 6.45) is 4.62. The lowest BCUT2D eigenvalue weighted by Crippen LogP contribution is -2.45. The molecule has 2 atom stereocenters. The number of methoxy groups -OCH3 is 1. The van der Waals surface area contributed by atoms with Gasteiger partial charge >= 0.3 is 0 Å². The highest BCUT2D eigenvalue weighted by Crippen LogP contribution is 2.33. The Morgan fingerprint density at radius 2 is 2.32 bits per heavy atom. The minimum Gasteiger partial charge on any atom is -0.497 e. The van der Waals surface area contributed by atoms with Crippen molar-refractivity contribution in [3.05, 3.63) is 41.7 Å². The normalized spacial score (nSPS) is 22.8. The average Bonchev–Trinajstić information content (AvgIpc) is 3.21. The van der Waals surface area contributed by atoms with E-state index in [2.05, 4.69) is 10.2 Å². The Hall–Kier alpha value is -2.50. The van der Waals surface area contributed by atoms with E-state index in [1.165, 1.54) is 0 Å². The second-order valence-electron chi connectivity index (χ2n) is 6.82. The van der Waals surface area contributed by atoms with Gasteiger partial charge in [0.25, 0.3) is 0 Å². The highest BCUT2D eigenvalue weighted by molar-refractivity contribution is 5.80. The van der Waals surface area contributed by atoms with Crippen molar-refractivity contribution < 1.29 is 14.3 Å². The topological polar surface area (TPSA) is 67.5 Å². The van der Waals surface area contributed by atoms with E-state index in [-0.39, 0.29) is 11.8 Å². The molecule has 0 radical (unpaired) electrons. The number of benzene rings is 1. The number of carbonyl (C=O) groups is 1. The van der Waals surface area contributed by atoms with Gasteiger partial charge in [0, 0.05) is 37.0 Å². The molecule has 1 aromatic carbocycles. The molecule has 2 aliphatic heterocycles. The number of nitrogens with zero attached hydrogens (tertiary/aromatic N) is 2. The van der Waals surface area contributed by atoms with E-state index in [4.69, 9.17) is 9.47 Å². The van der Waals surface area contributed by atoms with Crippen LogP contribution in [0.1, 0.15) is 30.0 Å². The minimum absolute atomic E-state index is 0.110. The Kier molecular flexibility index (Phi) is 4.34. The predicted molar refractivity (Wildman–Crippen MR) is 92.8 cm³/mol. The van der Waals surface area contributed by atoms with Crippen molar-refractivity contribution in [1.82, 2.24) is 15.1 Å². The van der Waals surface area contributed by atoms with Crippen LogP contribution < -0.4 is 9.47 Å². The molecule has 4 rings (SSSR count). The summed E-state index contributed by atoms with van der Waals surface area (Å²) in [4.78, 5) is 15.0. The van der Waals surface area contributed by atoms with Gasteiger partial charge in [0.15, 0.2) is 0 Å². The minimum atomic E-state index is -0.110. The quantitative estimate of drug-likeness (QED) is 0.931. The van der Waals surface area contributed by atoms with Crippen LogP contribution in [0, 0.1) is 5.92 Å². The average molecular weight is 341 g/mol. The lowest BCUT2D eigenvalue weighted by atomic mass is 9.91. The van der Waals surface area contributed by atoms with E-state index in [1.54, 1.807) is 13.3 Å². The van der Waals surface area contributed by atoms with Crippen LogP contribution >= 0.6 is 0 Å². The number of likely N-dealkylation sites (tertiary alicyclic amines) is 1. The maximum absolute atomic E-state index is 13.0. The summed E-state index contributed by atoms with van der Waals surface area (Å²) in [7, 11) is 1.64. The van der Waals surface area contributed by atoms with Crippen molar-refractivity contribution in [3.63, 3.8) is 0 Å². The molecule has 1 aromatic heterocycles. The molecule has 6 nitrogen and oxygen atoms in total. The van der Waals surface area contributed by atoms with E-state index in [1.807, 2.05) is 29.2 Å². The van der Waals surface area contributed by atoms with Crippen LogP contribution in [0.2, 0.25) is 0 Å². The molecule has 2 unspecified atom stereocenters. The zero-order valence-corrected chi connectivity index (χ0v) is 14.4. The molecule has 2 aromatic rings. The summed E-state index contributed by atoms with van der Waals surface area (Å²) >= 11 is 0. The Morgan fingerprint density at radius 3 is 3.12 bits per heavy atom. The van der Waals surface area contributed by atoms with Gasteiger partial charge in [-0.3, -0.25) is 9.89 Å². The fraction of sp³-hybridized carbons (Fsp3) is 0.474. The van der Waals surface area contributed by atoms with Crippen LogP contribution in [0.3, 0.4) is 0 Å². The highest BCUT2D eigenvalue weighted by Gasteiger charge is 2.33. The van der Waals surface area contributed by atoms with E-state index in [0.717, 1.165) is 55.1 Å². The molecule has 132 valence electrons. The van der Waals surface area contributed by atoms with Crippen molar-refractivity contribution >= 4 is 5.91 Å². The Labute approximate surface area is 147 Å². The van der Waals surface area contributed by atoms with Gasteiger partial charge in [0.2, 0.25) is 5.91 Å². The zero-order chi connectivity index (χ0) is 17.2. The second-order valence-corrected chi connectivity index (χ2v) is 6.82. The van der Waals surface area contributed by atoms with Gasteiger partial charge < -0.3 is 14.4 Å². The largest absolute Gasteiger partial charge is 0.497 e. The van der Waals surface area contributed by atoms with Crippen LogP contribution in [0.5, 0.6) is 11.5 Å². The smallest absolute Gasteiger partial charge is 0.229 e. The molecule has 6 heteroatoms. The number of fused-ring (bicyclic) bond motifs is 1. The molecule has 3 heterocycles. The number of piperidine rings is 1. The van der Waals surface area contributed by atoms with Crippen molar-refractivity contribution in [2.75, 3.05) is 26.8 Å². The number of rotatable bonds is 3. The first-order valence-electron chi connectivity index (χ1n) is 8.82. The SMILES string of the molecule is COc1ccc2c(c1)OCC(C(=O)N1CCCC(c3ccn[nH]3)C1)C2. The molecule has 0 bridgehead atoms. The van der Waals surface area contributed by atoms with Gasteiger partial charge in [-0.25, -0.2) is 0 Å². The predicted octanol–water partition coefficient (Wildman–Crippen LogP) is 2.38. The van der Waals surface area contributed by atoms with Crippen LogP contribution in [0.25, 0.3) is 0 Å². The van der Waals surface area contributed by atoms with Gasteiger partial charge in [0.05, 0.1) is 13.0 Å². The molecule has 0 aliphatic carbocycles. The lowest BCUT2D eigenvalue weighted by molar-refractivity contribution is -0.138. The van der Waals surface area contributed by atoms with Crippen molar-refractivity contribution in [1.29, 1.82) is 0 Å². The van der Waals surface area contributed by atoms with Crippen LogP contribution in [-0.2, 0) is 11.2 Å². The van der Waals surface area contributed by atoms with E-state index in [9.17, 15) is 4.79 Å². The summed E-state index contributed by atoms with van der Waals surface area (Å²) in [5, 5.41) is 7.08. The summed E-state index contributed by atoms with van der Waals surface area (Å²) in [5.74, 6) is 2.05. The maximum Gasteiger partial charge on any atom is 0.229 e. The standard InChI is InChI=1S/C19H23N3O3/c1-24-16-5-4-13-9-15(12-25-18(13)10-16)19(23)22-8-2-3-14(11-22)17-6-7-20-21-17/h4-7,10,14-15H,2-3,8-9,11-12H2,1H3,(H,20,21). The molecule has 1 saturated heterocycles. The van der Waals surface area contributed by atoms with Crippen molar-refractivity contribution in [3.8, 4) is 11.5 Å². The number of carbonyl (C=O) groups excluding carboxylic acids is 1. The zero-order valence-electron chi connectivity index (χ0n) is 14.4. The third kappa shape index (κ3) is 3.21. The van der Waals surface area contributed by atoms with E-state index < -0.39 is 0 Å². The fourth-order valence-electron chi connectivity index (χ4n) is 3.82. The number of aromatic amines is 1. The van der Waals surface area contributed by atoms with Gasteiger partial charge in [0.1, 0.15) is 18.1 Å². The molecule has 25 heavy (non-hydrogen) atoms. The summed E-state index contributed by atoms with van der Waals surface area (Å²) in [5.41, 5.74) is 2.20. The number of ether oxygens (including phenoxy) is 2. The molecule has 1 fully saturated rings. The van der Waals surface area contributed by atoms with Crippen LogP contribution in [0.15, 0.2) is 30.5 Å². The van der Waals surface area contributed by atoms with Crippen molar-refractivity contribution in [2.45, 2.75) is 25.2 Å².